The average Bonchev–Trinajstić information content (AvgIpc) is 2.08. The van der Waals surface area contributed by atoms with E-state index in [0.717, 1.165) is 5.56 Å². The number of anilines is 1. The molecule has 4 N–H and O–H groups in total. The number of nitrogen functional groups attached to an aromatic ring is 1. The summed E-state index contributed by atoms with van der Waals surface area (Å²) in [5.41, 5.74) is 12.4. The van der Waals surface area contributed by atoms with Crippen molar-refractivity contribution in [3.05, 3.63) is 28.8 Å². The van der Waals surface area contributed by atoms with E-state index < -0.39 is 0 Å². The number of carbonyl (C=O) groups is 1. The number of hydrogen-bond donors (Lipinski definition) is 2. The van der Waals surface area contributed by atoms with Crippen LogP contribution in [-0.4, -0.2) is 24.4 Å². The van der Waals surface area contributed by atoms with Gasteiger partial charge in [0, 0.05) is 17.3 Å². The Morgan fingerprint density at radius 2 is 2.20 bits per heavy atom. The maximum Gasteiger partial charge on any atom is 0.231 e. The van der Waals surface area contributed by atoms with E-state index in [2.05, 4.69) is 0 Å². The molecule has 0 aliphatic heterocycles. The zero-order chi connectivity index (χ0) is 11.4. The van der Waals surface area contributed by atoms with Crippen LogP contribution in [0.25, 0.3) is 0 Å². The lowest BCUT2D eigenvalue weighted by Crippen LogP contribution is -2.30. The summed E-state index contributed by atoms with van der Waals surface area (Å²) in [5.74, 6) is -0.356. The third-order valence-electron chi connectivity index (χ3n) is 1.97. The van der Waals surface area contributed by atoms with Crippen LogP contribution in [0.15, 0.2) is 18.2 Å². The monoisotopic (exact) mass is 227 g/mol. The molecule has 15 heavy (non-hydrogen) atoms. The average molecular weight is 228 g/mol. The Labute approximate surface area is 93.8 Å². The minimum absolute atomic E-state index is 0.210. The normalized spacial score (nSPS) is 10.6. The SMILES string of the molecule is CN(CC(N)=O)Cc1ccc(Cl)cc1N. The lowest BCUT2D eigenvalue weighted by Gasteiger charge is -2.15. The molecule has 0 aliphatic rings. The van der Waals surface area contributed by atoms with Crippen molar-refractivity contribution in [1.82, 2.24) is 4.90 Å². The first-order chi connectivity index (χ1) is 6.99. The van der Waals surface area contributed by atoms with Gasteiger partial charge in [0.15, 0.2) is 0 Å². The van der Waals surface area contributed by atoms with Gasteiger partial charge in [-0.2, -0.15) is 0 Å². The molecule has 1 rings (SSSR count). The number of nitrogens with two attached hydrogens (primary N) is 2. The van der Waals surface area contributed by atoms with E-state index in [1.807, 2.05) is 6.07 Å². The van der Waals surface area contributed by atoms with E-state index in [1.54, 1.807) is 24.1 Å². The molecule has 1 aromatic rings. The number of halogens is 1. The minimum Gasteiger partial charge on any atom is -0.398 e. The highest BCUT2D eigenvalue weighted by Gasteiger charge is 2.06. The van der Waals surface area contributed by atoms with Gasteiger partial charge in [-0.3, -0.25) is 9.69 Å². The summed E-state index contributed by atoms with van der Waals surface area (Å²) in [7, 11) is 1.80. The molecule has 0 heterocycles. The maximum atomic E-state index is 10.7. The maximum absolute atomic E-state index is 10.7. The summed E-state index contributed by atoms with van der Waals surface area (Å²) >= 11 is 5.77. The Balaban J connectivity index is 2.68. The van der Waals surface area contributed by atoms with Crippen LogP contribution in [0.1, 0.15) is 5.56 Å². The molecule has 1 aromatic carbocycles. The van der Waals surface area contributed by atoms with Gasteiger partial charge >= 0.3 is 0 Å². The van der Waals surface area contributed by atoms with E-state index in [1.165, 1.54) is 0 Å². The van der Waals surface area contributed by atoms with Crippen molar-refractivity contribution in [2.45, 2.75) is 6.54 Å². The van der Waals surface area contributed by atoms with Crippen molar-refractivity contribution >= 4 is 23.2 Å². The third-order valence-corrected chi connectivity index (χ3v) is 2.21. The summed E-state index contributed by atoms with van der Waals surface area (Å²) in [6.45, 7) is 0.786. The van der Waals surface area contributed by atoms with Crippen molar-refractivity contribution in [2.24, 2.45) is 5.73 Å². The van der Waals surface area contributed by atoms with E-state index in [0.29, 0.717) is 17.3 Å². The molecule has 82 valence electrons. The molecule has 4 nitrogen and oxygen atoms in total. The number of benzene rings is 1. The summed E-state index contributed by atoms with van der Waals surface area (Å²) in [4.78, 5) is 12.5. The highest BCUT2D eigenvalue weighted by Crippen LogP contribution is 2.18. The van der Waals surface area contributed by atoms with Gasteiger partial charge < -0.3 is 11.5 Å². The van der Waals surface area contributed by atoms with Gasteiger partial charge in [0.2, 0.25) is 5.91 Å². The lowest BCUT2D eigenvalue weighted by molar-refractivity contribution is -0.118. The van der Waals surface area contributed by atoms with Crippen LogP contribution in [0.5, 0.6) is 0 Å². The van der Waals surface area contributed by atoms with E-state index in [9.17, 15) is 4.79 Å². The summed E-state index contributed by atoms with van der Waals surface area (Å²) in [6.07, 6.45) is 0. The molecular weight excluding hydrogens is 214 g/mol. The fourth-order valence-corrected chi connectivity index (χ4v) is 1.50. The zero-order valence-electron chi connectivity index (χ0n) is 8.53. The lowest BCUT2D eigenvalue weighted by atomic mass is 10.1. The fourth-order valence-electron chi connectivity index (χ4n) is 1.32. The second-order valence-corrected chi connectivity index (χ2v) is 3.92. The molecule has 0 aliphatic carbocycles. The quantitative estimate of drug-likeness (QED) is 0.749. The number of primary amides is 1. The van der Waals surface area contributed by atoms with E-state index in [4.69, 9.17) is 23.1 Å². The Morgan fingerprint density at radius 1 is 1.53 bits per heavy atom. The predicted octanol–water partition coefficient (Wildman–Crippen LogP) is 0.839. The van der Waals surface area contributed by atoms with Crippen LogP contribution >= 0.6 is 11.6 Å². The van der Waals surface area contributed by atoms with Crippen molar-refractivity contribution in [3.63, 3.8) is 0 Å². The van der Waals surface area contributed by atoms with Crippen molar-refractivity contribution in [2.75, 3.05) is 19.3 Å². The number of rotatable bonds is 4. The van der Waals surface area contributed by atoms with E-state index >= 15 is 0 Å². The van der Waals surface area contributed by atoms with Crippen molar-refractivity contribution in [3.8, 4) is 0 Å². The van der Waals surface area contributed by atoms with Crippen LogP contribution in [0.3, 0.4) is 0 Å². The van der Waals surface area contributed by atoms with Gasteiger partial charge in [-0.05, 0) is 24.7 Å². The molecule has 0 aromatic heterocycles. The first-order valence-corrected chi connectivity index (χ1v) is 4.87. The second kappa shape index (κ2) is 5.00. The summed E-state index contributed by atoms with van der Waals surface area (Å²) in [6, 6.07) is 5.30. The molecule has 0 saturated heterocycles. The Bertz CT molecular complexity index is 368. The molecule has 1 amide bonds. The molecule has 0 bridgehead atoms. The molecule has 0 unspecified atom stereocenters. The first kappa shape index (κ1) is 11.8. The molecular formula is C10H14ClN3O. The van der Waals surface area contributed by atoms with E-state index in [-0.39, 0.29) is 12.5 Å². The second-order valence-electron chi connectivity index (χ2n) is 3.48. The van der Waals surface area contributed by atoms with Crippen molar-refractivity contribution in [1.29, 1.82) is 0 Å². The molecule has 0 fully saturated rings. The van der Waals surface area contributed by atoms with Gasteiger partial charge in [0.25, 0.3) is 0 Å². The van der Waals surface area contributed by atoms with Gasteiger partial charge in [0.1, 0.15) is 0 Å². The first-order valence-electron chi connectivity index (χ1n) is 4.50. The van der Waals surface area contributed by atoms with Crippen LogP contribution < -0.4 is 11.5 Å². The van der Waals surface area contributed by atoms with Crippen LogP contribution in [-0.2, 0) is 11.3 Å². The minimum atomic E-state index is -0.356. The standard InChI is InChI=1S/C10H14ClN3O/c1-14(6-10(13)15)5-7-2-3-8(11)4-9(7)12/h2-4H,5-6,12H2,1H3,(H2,13,15). The van der Waals surface area contributed by atoms with Crippen LogP contribution in [0, 0.1) is 0 Å². The van der Waals surface area contributed by atoms with Crippen LogP contribution in [0.2, 0.25) is 5.02 Å². The largest absolute Gasteiger partial charge is 0.398 e. The molecule has 0 atom stereocenters. The zero-order valence-corrected chi connectivity index (χ0v) is 9.29. The smallest absolute Gasteiger partial charge is 0.231 e. The summed E-state index contributed by atoms with van der Waals surface area (Å²) in [5, 5.41) is 0.605. The Hall–Kier alpha value is -1.26. The van der Waals surface area contributed by atoms with Gasteiger partial charge in [-0.25, -0.2) is 0 Å². The van der Waals surface area contributed by atoms with Crippen molar-refractivity contribution < 1.29 is 4.79 Å². The van der Waals surface area contributed by atoms with Gasteiger partial charge in [0.05, 0.1) is 6.54 Å². The van der Waals surface area contributed by atoms with Crippen LogP contribution in [0.4, 0.5) is 5.69 Å². The third kappa shape index (κ3) is 3.77. The number of hydrogen-bond acceptors (Lipinski definition) is 3. The highest BCUT2D eigenvalue weighted by atomic mass is 35.5. The number of amides is 1. The van der Waals surface area contributed by atoms with Gasteiger partial charge in [-0.15, -0.1) is 0 Å². The molecule has 0 saturated carbocycles. The fraction of sp³-hybridized carbons (Fsp3) is 0.300. The Morgan fingerprint density at radius 3 is 2.73 bits per heavy atom. The number of carbonyl (C=O) groups excluding carboxylic acids is 1. The summed E-state index contributed by atoms with van der Waals surface area (Å²) < 4.78 is 0. The molecule has 0 spiro atoms. The van der Waals surface area contributed by atoms with Gasteiger partial charge in [-0.1, -0.05) is 17.7 Å². The predicted molar refractivity (Wildman–Crippen MR) is 61.4 cm³/mol. The topological polar surface area (TPSA) is 72.3 Å². The molecule has 5 heteroatoms. The highest BCUT2D eigenvalue weighted by molar-refractivity contribution is 6.30. The molecule has 0 radical (unpaired) electrons. The Kier molecular flexibility index (Phi) is 3.94. The number of nitrogens with zero attached hydrogens (tertiary/aromatic N) is 1. The number of likely N-dealkylation sites (N-methyl/N-ethyl adjacent to an activating group) is 1.